The molecule has 1 aromatic rings. The molecule has 84 valence electrons. The van der Waals surface area contributed by atoms with E-state index in [9.17, 15) is 25.0 Å². The zero-order valence-electron chi connectivity index (χ0n) is 7.86. The molecule has 0 saturated carbocycles. The molecule has 0 fully saturated rings. The van der Waals surface area contributed by atoms with Crippen molar-refractivity contribution in [2.45, 2.75) is 0 Å². The Bertz CT molecular complexity index is 427. The number of nitro benzene ring substituents is 1. The van der Waals surface area contributed by atoms with E-state index in [0.29, 0.717) is 0 Å². The Hall–Kier alpha value is -2.51. The van der Waals surface area contributed by atoms with E-state index in [1.807, 2.05) is 0 Å². The van der Waals surface area contributed by atoms with Crippen molar-refractivity contribution in [3.8, 4) is 5.75 Å². The third-order valence-electron chi connectivity index (χ3n) is 1.54. The van der Waals surface area contributed by atoms with Crippen LogP contribution in [0.25, 0.3) is 0 Å². The number of carbonyl (C=O) groups excluding carboxylic acids is 1. The molecule has 16 heavy (non-hydrogen) atoms. The minimum absolute atomic E-state index is 0.0254. The van der Waals surface area contributed by atoms with Crippen LogP contribution in [0.1, 0.15) is 0 Å². The minimum atomic E-state index is -1.03. The summed E-state index contributed by atoms with van der Waals surface area (Å²) in [5, 5.41) is 20.2. The van der Waals surface area contributed by atoms with Crippen molar-refractivity contribution in [2.24, 2.45) is 0 Å². The van der Waals surface area contributed by atoms with E-state index < -0.39 is 22.4 Å². The SMILES string of the molecule is O=C(C[N+](=O)[O-])Oc1ccc([N+](=O)[O-])cc1. The number of nitro groups is 2. The molecule has 0 aromatic heterocycles. The van der Waals surface area contributed by atoms with Crippen LogP contribution in [-0.2, 0) is 4.79 Å². The number of hydrogen-bond acceptors (Lipinski definition) is 6. The Kier molecular flexibility index (Phi) is 3.49. The second-order valence-corrected chi connectivity index (χ2v) is 2.72. The van der Waals surface area contributed by atoms with E-state index in [1.54, 1.807) is 0 Å². The molecule has 0 saturated heterocycles. The summed E-state index contributed by atoms with van der Waals surface area (Å²) in [4.78, 5) is 29.7. The molecule has 0 bridgehead atoms. The van der Waals surface area contributed by atoms with E-state index in [1.165, 1.54) is 12.1 Å². The lowest BCUT2D eigenvalue weighted by Crippen LogP contribution is -2.19. The zero-order chi connectivity index (χ0) is 12.1. The number of hydrogen-bond donors (Lipinski definition) is 0. The fourth-order valence-corrected chi connectivity index (χ4v) is 0.905. The van der Waals surface area contributed by atoms with Crippen molar-refractivity contribution in [2.75, 3.05) is 6.54 Å². The highest BCUT2D eigenvalue weighted by molar-refractivity contribution is 5.73. The van der Waals surface area contributed by atoms with E-state index in [-0.39, 0.29) is 11.4 Å². The second kappa shape index (κ2) is 4.82. The molecule has 0 aliphatic carbocycles. The predicted molar refractivity (Wildman–Crippen MR) is 50.6 cm³/mol. The quantitative estimate of drug-likeness (QED) is 0.324. The van der Waals surface area contributed by atoms with E-state index in [2.05, 4.69) is 4.74 Å². The first-order valence-corrected chi connectivity index (χ1v) is 4.06. The van der Waals surface area contributed by atoms with Crippen LogP contribution >= 0.6 is 0 Å². The van der Waals surface area contributed by atoms with E-state index >= 15 is 0 Å². The molecule has 0 radical (unpaired) electrons. The van der Waals surface area contributed by atoms with Gasteiger partial charge in [0, 0.05) is 17.1 Å². The van der Waals surface area contributed by atoms with Crippen molar-refractivity contribution >= 4 is 11.7 Å². The first-order chi connectivity index (χ1) is 7.49. The first-order valence-electron chi connectivity index (χ1n) is 4.06. The molecule has 1 rings (SSSR count). The highest BCUT2D eigenvalue weighted by atomic mass is 16.6. The van der Waals surface area contributed by atoms with Gasteiger partial charge in [0.15, 0.2) is 0 Å². The molecule has 0 atom stereocenters. The van der Waals surface area contributed by atoms with Gasteiger partial charge in [-0.25, -0.2) is 4.79 Å². The Labute approximate surface area is 88.7 Å². The van der Waals surface area contributed by atoms with Gasteiger partial charge in [-0.1, -0.05) is 0 Å². The van der Waals surface area contributed by atoms with Gasteiger partial charge in [-0.15, -0.1) is 0 Å². The summed E-state index contributed by atoms with van der Waals surface area (Å²) in [7, 11) is 0. The van der Waals surface area contributed by atoms with Gasteiger partial charge in [0.05, 0.1) is 4.92 Å². The van der Waals surface area contributed by atoms with Gasteiger partial charge in [0.1, 0.15) is 5.75 Å². The zero-order valence-corrected chi connectivity index (χ0v) is 7.86. The van der Waals surface area contributed by atoms with Gasteiger partial charge >= 0.3 is 5.97 Å². The highest BCUT2D eigenvalue weighted by Gasteiger charge is 2.12. The van der Waals surface area contributed by atoms with E-state index in [4.69, 9.17) is 0 Å². The number of carbonyl (C=O) groups is 1. The average Bonchev–Trinajstić information content (AvgIpc) is 2.16. The van der Waals surface area contributed by atoms with Crippen LogP contribution in [0.15, 0.2) is 24.3 Å². The molecule has 0 spiro atoms. The van der Waals surface area contributed by atoms with Crippen molar-refractivity contribution in [3.63, 3.8) is 0 Å². The lowest BCUT2D eigenvalue weighted by atomic mass is 10.3. The summed E-state index contributed by atoms with van der Waals surface area (Å²) in [6.07, 6.45) is 0. The van der Waals surface area contributed by atoms with Gasteiger partial charge in [0.2, 0.25) is 0 Å². The molecular weight excluding hydrogens is 220 g/mol. The molecule has 0 aliphatic heterocycles. The average molecular weight is 226 g/mol. The fraction of sp³-hybridized carbons (Fsp3) is 0.125. The van der Waals surface area contributed by atoms with Gasteiger partial charge in [-0.3, -0.25) is 20.2 Å². The van der Waals surface area contributed by atoms with Crippen LogP contribution in [0.4, 0.5) is 5.69 Å². The molecule has 0 heterocycles. The maximum absolute atomic E-state index is 10.8. The Morgan fingerprint density at radius 2 is 1.75 bits per heavy atom. The van der Waals surface area contributed by atoms with Crippen LogP contribution in [0.5, 0.6) is 5.75 Å². The molecule has 0 N–H and O–H groups in total. The van der Waals surface area contributed by atoms with Crippen LogP contribution in [0, 0.1) is 20.2 Å². The summed E-state index contributed by atoms with van der Waals surface area (Å²) in [6, 6.07) is 4.65. The summed E-state index contributed by atoms with van der Waals surface area (Å²) in [6.45, 7) is -0.947. The maximum Gasteiger partial charge on any atom is 0.383 e. The lowest BCUT2D eigenvalue weighted by molar-refractivity contribution is -0.469. The predicted octanol–water partition coefficient (Wildman–Crippen LogP) is 0.777. The number of benzene rings is 1. The van der Waals surface area contributed by atoms with Crippen molar-refractivity contribution in [3.05, 3.63) is 44.5 Å². The Balaban J connectivity index is 2.65. The van der Waals surface area contributed by atoms with Crippen molar-refractivity contribution < 1.29 is 19.4 Å². The molecule has 8 heteroatoms. The third-order valence-corrected chi connectivity index (χ3v) is 1.54. The first kappa shape index (κ1) is 11.6. The minimum Gasteiger partial charge on any atom is -0.422 e. The van der Waals surface area contributed by atoms with Crippen molar-refractivity contribution in [1.29, 1.82) is 0 Å². The number of nitrogens with zero attached hydrogens (tertiary/aromatic N) is 2. The summed E-state index contributed by atoms with van der Waals surface area (Å²) in [5.41, 5.74) is -0.158. The number of rotatable bonds is 4. The Morgan fingerprint density at radius 3 is 2.19 bits per heavy atom. The van der Waals surface area contributed by atoms with Crippen LogP contribution in [-0.4, -0.2) is 22.4 Å². The normalized spacial score (nSPS) is 9.50. The standard InChI is InChI=1S/C8H6N2O6/c11-8(5-9(12)13)16-7-3-1-6(2-4-7)10(14)15/h1-4H,5H2. The summed E-state index contributed by atoms with van der Waals surface area (Å²) < 4.78 is 4.56. The largest absolute Gasteiger partial charge is 0.422 e. The summed E-state index contributed by atoms with van der Waals surface area (Å²) >= 11 is 0. The highest BCUT2D eigenvalue weighted by Crippen LogP contribution is 2.17. The van der Waals surface area contributed by atoms with Crippen LogP contribution < -0.4 is 4.74 Å². The van der Waals surface area contributed by atoms with Gasteiger partial charge in [0.25, 0.3) is 12.2 Å². The number of ether oxygens (including phenoxy) is 1. The molecular formula is C8H6N2O6. The van der Waals surface area contributed by atoms with Crippen LogP contribution in [0.3, 0.4) is 0 Å². The van der Waals surface area contributed by atoms with Gasteiger partial charge in [-0.2, -0.15) is 0 Å². The van der Waals surface area contributed by atoms with Gasteiger partial charge < -0.3 is 4.74 Å². The van der Waals surface area contributed by atoms with E-state index in [0.717, 1.165) is 12.1 Å². The molecule has 0 unspecified atom stereocenters. The topological polar surface area (TPSA) is 113 Å². The molecule has 0 aliphatic rings. The van der Waals surface area contributed by atoms with Crippen molar-refractivity contribution in [1.82, 2.24) is 0 Å². The molecule has 8 nitrogen and oxygen atoms in total. The molecule has 0 amide bonds. The number of non-ortho nitro benzene ring substituents is 1. The monoisotopic (exact) mass is 226 g/mol. The van der Waals surface area contributed by atoms with Crippen LogP contribution in [0.2, 0.25) is 0 Å². The summed E-state index contributed by atoms with van der Waals surface area (Å²) in [5.74, 6) is -1.00. The smallest absolute Gasteiger partial charge is 0.383 e. The molecule has 1 aromatic carbocycles. The van der Waals surface area contributed by atoms with Gasteiger partial charge in [-0.05, 0) is 12.1 Å². The lowest BCUT2D eigenvalue weighted by Gasteiger charge is -2.00. The second-order valence-electron chi connectivity index (χ2n) is 2.72. The number of esters is 1. The third kappa shape index (κ3) is 3.33. The Morgan fingerprint density at radius 1 is 1.19 bits per heavy atom. The fourth-order valence-electron chi connectivity index (χ4n) is 0.905. The maximum atomic E-state index is 10.8.